The lowest BCUT2D eigenvalue weighted by molar-refractivity contribution is -0.148. The van der Waals surface area contributed by atoms with Gasteiger partial charge in [0.05, 0.1) is 0 Å². The molecule has 0 atom stereocenters. The minimum Gasteiger partial charge on any atom is -0.346 e. The number of piperazine rings is 1. The van der Waals surface area contributed by atoms with Crippen LogP contribution in [0.2, 0.25) is 0 Å². The van der Waals surface area contributed by atoms with E-state index in [-0.39, 0.29) is 18.5 Å². The second-order valence-corrected chi connectivity index (χ2v) is 8.34. The van der Waals surface area contributed by atoms with E-state index in [1.807, 2.05) is 62.4 Å². The Balaban J connectivity index is 1.47. The number of amides is 3. The van der Waals surface area contributed by atoms with Crippen LogP contribution in [-0.2, 0) is 20.9 Å². The number of carbonyl (C=O) groups is 3. The molecule has 32 heavy (non-hydrogen) atoms. The zero-order valence-electron chi connectivity index (χ0n) is 18.5. The Kier molecular flexibility index (Phi) is 6.25. The Morgan fingerprint density at radius 2 is 1.50 bits per heavy atom. The van der Waals surface area contributed by atoms with E-state index in [0.29, 0.717) is 26.2 Å². The first-order valence-corrected chi connectivity index (χ1v) is 11.0. The topological polar surface area (TPSA) is 74.7 Å². The molecule has 0 spiro atoms. The summed E-state index contributed by atoms with van der Waals surface area (Å²) in [6, 6.07) is 20.1. The molecule has 0 saturated carbocycles. The Bertz CT molecular complexity index is 1130. The first kappa shape index (κ1) is 21.6. The largest absolute Gasteiger partial charge is 0.346 e. The number of hydrogen-bond donors (Lipinski definition) is 1. The molecule has 1 N–H and O–H groups in total. The minimum absolute atomic E-state index is 0.00210. The second kappa shape index (κ2) is 9.26. The van der Waals surface area contributed by atoms with Gasteiger partial charge in [-0.15, -0.1) is 0 Å². The van der Waals surface area contributed by atoms with Gasteiger partial charge in [0.15, 0.2) is 0 Å². The van der Waals surface area contributed by atoms with Crippen LogP contribution in [0, 0.1) is 0 Å². The normalized spacial score (nSPS) is 14.1. The monoisotopic (exact) mass is 432 g/mol. The van der Waals surface area contributed by atoms with Gasteiger partial charge in [-0.3, -0.25) is 14.4 Å². The van der Waals surface area contributed by atoms with E-state index < -0.39 is 11.8 Å². The SMILES string of the molecule is CC(C)NC(=O)C(=O)N1CCN(C(=O)Cn2c(-c3ccccc3)cc3ccccc32)CC1. The van der Waals surface area contributed by atoms with Gasteiger partial charge in [-0.05, 0) is 31.5 Å². The predicted molar refractivity (Wildman–Crippen MR) is 124 cm³/mol. The number of rotatable bonds is 4. The summed E-state index contributed by atoms with van der Waals surface area (Å²) in [5.41, 5.74) is 3.07. The lowest BCUT2D eigenvalue weighted by atomic mass is 10.1. The van der Waals surface area contributed by atoms with E-state index in [2.05, 4.69) is 22.0 Å². The molecule has 1 saturated heterocycles. The zero-order chi connectivity index (χ0) is 22.7. The quantitative estimate of drug-likeness (QED) is 0.644. The number of fused-ring (bicyclic) bond motifs is 1. The van der Waals surface area contributed by atoms with Gasteiger partial charge >= 0.3 is 11.8 Å². The maximum atomic E-state index is 13.2. The van der Waals surface area contributed by atoms with E-state index in [4.69, 9.17) is 0 Å². The highest BCUT2D eigenvalue weighted by Gasteiger charge is 2.28. The molecule has 0 bridgehead atoms. The van der Waals surface area contributed by atoms with Crippen molar-refractivity contribution in [2.24, 2.45) is 0 Å². The standard InChI is InChI=1S/C25H28N4O3/c1-18(2)26-24(31)25(32)28-14-12-27(13-15-28)23(30)17-29-21-11-7-6-10-20(21)16-22(29)19-8-4-3-5-9-19/h3-11,16,18H,12-15,17H2,1-2H3,(H,26,31). The highest BCUT2D eigenvalue weighted by atomic mass is 16.2. The molecule has 1 aliphatic heterocycles. The van der Waals surface area contributed by atoms with Crippen molar-refractivity contribution in [3.63, 3.8) is 0 Å². The molecule has 0 unspecified atom stereocenters. The summed E-state index contributed by atoms with van der Waals surface area (Å²) in [5.74, 6) is -1.12. The highest BCUT2D eigenvalue weighted by Crippen LogP contribution is 2.28. The van der Waals surface area contributed by atoms with Crippen LogP contribution in [0.5, 0.6) is 0 Å². The minimum atomic E-state index is -0.592. The van der Waals surface area contributed by atoms with Crippen LogP contribution in [0.1, 0.15) is 13.8 Å². The number of benzene rings is 2. The summed E-state index contributed by atoms with van der Waals surface area (Å²) in [7, 11) is 0. The van der Waals surface area contributed by atoms with Crippen molar-refractivity contribution < 1.29 is 14.4 Å². The number of nitrogens with zero attached hydrogens (tertiary/aromatic N) is 3. The van der Waals surface area contributed by atoms with Crippen molar-refractivity contribution in [1.82, 2.24) is 19.7 Å². The number of hydrogen-bond acceptors (Lipinski definition) is 3. The van der Waals surface area contributed by atoms with Crippen LogP contribution in [-0.4, -0.2) is 64.3 Å². The fourth-order valence-electron chi connectivity index (χ4n) is 4.09. The van der Waals surface area contributed by atoms with E-state index in [1.54, 1.807) is 4.90 Å². The van der Waals surface area contributed by atoms with Crippen LogP contribution in [0.3, 0.4) is 0 Å². The molecular weight excluding hydrogens is 404 g/mol. The van der Waals surface area contributed by atoms with Crippen molar-refractivity contribution in [2.45, 2.75) is 26.4 Å². The van der Waals surface area contributed by atoms with E-state index in [1.165, 1.54) is 4.90 Å². The molecule has 7 heteroatoms. The summed E-state index contributed by atoms with van der Waals surface area (Å²) in [6.45, 7) is 5.40. The summed E-state index contributed by atoms with van der Waals surface area (Å²) in [6.07, 6.45) is 0. The smallest absolute Gasteiger partial charge is 0.312 e. The van der Waals surface area contributed by atoms with Crippen LogP contribution in [0.15, 0.2) is 60.7 Å². The molecule has 4 rings (SSSR count). The third-order valence-electron chi connectivity index (χ3n) is 5.71. The third kappa shape index (κ3) is 4.51. The van der Waals surface area contributed by atoms with Gasteiger partial charge in [0, 0.05) is 48.8 Å². The van der Waals surface area contributed by atoms with Gasteiger partial charge < -0.3 is 19.7 Å². The average molecular weight is 433 g/mol. The molecule has 1 aromatic heterocycles. The molecular formula is C25H28N4O3. The van der Waals surface area contributed by atoms with Gasteiger partial charge in [-0.2, -0.15) is 0 Å². The Labute approximate surface area is 187 Å². The van der Waals surface area contributed by atoms with E-state index in [0.717, 1.165) is 22.2 Å². The zero-order valence-corrected chi connectivity index (χ0v) is 18.5. The lowest BCUT2D eigenvalue weighted by Gasteiger charge is -2.34. The highest BCUT2D eigenvalue weighted by molar-refractivity contribution is 6.35. The van der Waals surface area contributed by atoms with Crippen molar-refractivity contribution in [3.8, 4) is 11.3 Å². The van der Waals surface area contributed by atoms with Gasteiger partial charge in [0.25, 0.3) is 0 Å². The molecule has 1 aliphatic rings. The fourth-order valence-corrected chi connectivity index (χ4v) is 4.09. The summed E-state index contributed by atoms with van der Waals surface area (Å²) in [4.78, 5) is 40.8. The molecule has 166 valence electrons. The molecule has 0 radical (unpaired) electrons. The number of nitrogens with one attached hydrogen (secondary N) is 1. The number of para-hydroxylation sites is 1. The first-order valence-electron chi connectivity index (χ1n) is 11.0. The Hall–Kier alpha value is -3.61. The Morgan fingerprint density at radius 3 is 2.19 bits per heavy atom. The fraction of sp³-hybridized carbons (Fsp3) is 0.320. The van der Waals surface area contributed by atoms with Gasteiger partial charge in [0.2, 0.25) is 5.91 Å². The molecule has 2 heterocycles. The molecule has 7 nitrogen and oxygen atoms in total. The summed E-state index contributed by atoms with van der Waals surface area (Å²) in [5, 5.41) is 3.72. The van der Waals surface area contributed by atoms with Crippen LogP contribution < -0.4 is 5.32 Å². The van der Waals surface area contributed by atoms with Crippen molar-refractivity contribution >= 4 is 28.6 Å². The summed E-state index contributed by atoms with van der Waals surface area (Å²) < 4.78 is 2.06. The van der Waals surface area contributed by atoms with Crippen LogP contribution >= 0.6 is 0 Å². The van der Waals surface area contributed by atoms with Crippen LogP contribution in [0.25, 0.3) is 22.2 Å². The maximum absolute atomic E-state index is 13.2. The van der Waals surface area contributed by atoms with Crippen molar-refractivity contribution in [3.05, 3.63) is 60.7 Å². The Morgan fingerprint density at radius 1 is 0.875 bits per heavy atom. The predicted octanol–water partition coefficient (Wildman–Crippen LogP) is 2.50. The maximum Gasteiger partial charge on any atom is 0.312 e. The van der Waals surface area contributed by atoms with Crippen molar-refractivity contribution in [2.75, 3.05) is 26.2 Å². The lowest BCUT2D eigenvalue weighted by Crippen LogP contribution is -2.54. The third-order valence-corrected chi connectivity index (χ3v) is 5.71. The average Bonchev–Trinajstić information content (AvgIpc) is 3.17. The van der Waals surface area contributed by atoms with Crippen LogP contribution in [0.4, 0.5) is 0 Å². The second-order valence-electron chi connectivity index (χ2n) is 8.34. The van der Waals surface area contributed by atoms with Crippen molar-refractivity contribution in [1.29, 1.82) is 0 Å². The van der Waals surface area contributed by atoms with Gasteiger partial charge in [0.1, 0.15) is 6.54 Å². The number of carbonyl (C=O) groups excluding carboxylic acids is 3. The van der Waals surface area contributed by atoms with E-state index in [9.17, 15) is 14.4 Å². The van der Waals surface area contributed by atoms with Gasteiger partial charge in [-0.1, -0.05) is 48.5 Å². The molecule has 1 fully saturated rings. The first-order chi connectivity index (χ1) is 15.4. The molecule has 2 aromatic carbocycles. The van der Waals surface area contributed by atoms with E-state index >= 15 is 0 Å². The number of aromatic nitrogens is 1. The molecule has 0 aliphatic carbocycles. The molecule has 3 aromatic rings. The van der Waals surface area contributed by atoms with Gasteiger partial charge in [-0.25, -0.2) is 0 Å². The summed E-state index contributed by atoms with van der Waals surface area (Å²) >= 11 is 0. The molecule has 3 amide bonds.